The van der Waals surface area contributed by atoms with E-state index >= 15 is 0 Å². The molecular formula is C16H20N2O2. The molecule has 1 N–H and O–H groups in total. The standard InChI is InChI=1S/C16H20N2O2/c1-3-15-17-12-9-11(16(19)20)7-8-14(12)18(15)13-6-4-5-10(13)2/h7-10,13H,3-6H2,1-2H3,(H,19,20). The Balaban J connectivity index is 2.17. The lowest BCUT2D eigenvalue weighted by molar-refractivity contribution is 0.0697. The summed E-state index contributed by atoms with van der Waals surface area (Å²) in [6, 6.07) is 5.79. The van der Waals surface area contributed by atoms with Gasteiger partial charge in [-0.1, -0.05) is 20.3 Å². The molecule has 0 saturated heterocycles. The van der Waals surface area contributed by atoms with Crippen LogP contribution in [0.2, 0.25) is 0 Å². The third-order valence-corrected chi connectivity index (χ3v) is 4.47. The summed E-state index contributed by atoms with van der Waals surface area (Å²) in [5.74, 6) is 0.840. The third-order valence-electron chi connectivity index (χ3n) is 4.47. The van der Waals surface area contributed by atoms with Crippen molar-refractivity contribution in [1.29, 1.82) is 0 Å². The van der Waals surface area contributed by atoms with Crippen molar-refractivity contribution < 1.29 is 9.90 Å². The molecule has 1 aliphatic carbocycles. The molecule has 2 unspecified atom stereocenters. The SMILES string of the molecule is CCc1nc2cc(C(=O)O)ccc2n1C1CCCC1C. The number of aromatic nitrogens is 2. The lowest BCUT2D eigenvalue weighted by atomic mass is 10.1. The average Bonchev–Trinajstić information content (AvgIpc) is 3.00. The van der Waals surface area contributed by atoms with Crippen LogP contribution < -0.4 is 0 Å². The van der Waals surface area contributed by atoms with Gasteiger partial charge in [0, 0.05) is 12.5 Å². The second-order valence-electron chi connectivity index (χ2n) is 5.74. The summed E-state index contributed by atoms with van der Waals surface area (Å²) in [5.41, 5.74) is 2.19. The monoisotopic (exact) mass is 272 g/mol. The highest BCUT2D eigenvalue weighted by Crippen LogP contribution is 2.38. The van der Waals surface area contributed by atoms with Crippen molar-refractivity contribution >= 4 is 17.0 Å². The van der Waals surface area contributed by atoms with E-state index in [0.29, 0.717) is 17.5 Å². The predicted octanol–water partition coefficient (Wildman–Crippen LogP) is 3.66. The van der Waals surface area contributed by atoms with E-state index in [1.807, 2.05) is 6.07 Å². The highest BCUT2D eigenvalue weighted by molar-refractivity contribution is 5.92. The van der Waals surface area contributed by atoms with E-state index in [4.69, 9.17) is 5.11 Å². The van der Waals surface area contributed by atoms with Gasteiger partial charge in [0.1, 0.15) is 5.82 Å². The summed E-state index contributed by atoms with van der Waals surface area (Å²) in [6.07, 6.45) is 4.60. The normalized spacial score (nSPS) is 22.5. The lowest BCUT2D eigenvalue weighted by Gasteiger charge is -2.20. The van der Waals surface area contributed by atoms with Gasteiger partial charge in [-0.2, -0.15) is 0 Å². The molecule has 0 spiro atoms. The second kappa shape index (κ2) is 4.93. The Bertz CT molecular complexity index is 660. The zero-order valence-corrected chi connectivity index (χ0v) is 12.0. The van der Waals surface area contributed by atoms with Crippen molar-refractivity contribution in [2.75, 3.05) is 0 Å². The molecule has 4 nitrogen and oxygen atoms in total. The van der Waals surface area contributed by atoms with Crippen molar-refractivity contribution in [2.24, 2.45) is 5.92 Å². The molecule has 2 aromatic rings. The zero-order chi connectivity index (χ0) is 14.3. The minimum Gasteiger partial charge on any atom is -0.478 e. The van der Waals surface area contributed by atoms with Crippen molar-refractivity contribution in [3.8, 4) is 0 Å². The fraction of sp³-hybridized carbons (Fsp3) is 0.500. The van der Waals surface area contributed by atoms with Crippen LogP contribution in [0, 0.1) is 5.92 Å². The van der Waals surface area contributed by atoms with Gasteiger partial charge in [-0.15, -0.1) is 0 Å². The number of aromatic carboxylic acids is 1. The topological polar surface area (TPSA) is 55.1 Å². The second-order valence-corrected chi connectivity index (χ2v) is 5.74. The maximum atomic E-state index is 11.1. The molecule has 0 amide bonds. The third kappa shape index (κ3) is 1.99. The first kappa shape index (κ1) is 13.2. The van der Waals surface area contributed by atoms with Crippen LogP contribution in [0.1, 0.15) is 55.3 Å². The quantitative estimate of drug-likeness (QED) is 0.927. The number of carbonyl (C=O) groups is 1. The van der Waals surface area contributed by atoms with Crippen LogP contribution in [0.4, 0.5) is 0 Å². The Labute approximate surface area is 118 Å². The van der Waals surface area contributed by atoms with Crippen molar-refractivity contribution in [3.63, 3.8) is 0 Å². The fourth-order valence-corrected chi connectivity index (χ4v) is 3.41. The van der Waals surface area contributed by atoms with Crippen molar-refractivity contribution in [3.05, 3.63) is 29.6 Å². The molecule has 2 atom stereocenters. The number of imidazole rings is 1. The number of aryl methyl sites for hydroxylation is 1. The molecule has 20 heavy (non-hydrogen) atoms. The van der Waals surface area contributed by atoms with Crippen molar-refractivity contribution in [1.82, 2.24) is 9.55 Å². The Morgan fingerprint density at radius 3 is 2.85 bits per heavy atom. The highest BCUT2D eigenvalue weighted by atomic mass is 16.4. The molecular weight excluding hydrogens is 252 g/mol. The number of hydrogen-bond acceptors (Lipinski definition) is 2. The number of fused-ring (bicyclic) bond motifs is 1. The van der Waals surface area contributed by atoms with Gasteiger partial charge in [-0.05, 0) is 37.0 Å². The molecule has 3 rings (SSSR count). The summed E-state index contributed by atoms with van der Waals surface area (Å²) in [6.45, 7) is 4.41. The van der Waals surface area contributed by atoms with Crippen LogP contribution in [0.3, 0.4) is 0 Å². The molecule has 1 heterocycles. The van der Waals surface area contributed by atoms with Gasteiger partial charge in [-0.25, -0.2) is 9.78 Å². The van der Waals surface area contributed by atoms with Crippen LogP contribution in [0.25, 0.3) is 11.0 Å². The largest absolute Gasteiger partial charge is 0.478 e. The number of carboxylic acids is 1. The van der Waals surface area contributed by atoms with E-state index in [9.17, 15) is 4.79 Å². The smallest absolute Gasteiger partial charge is 0.335 e. The molecule has 1 aromatic heterocycles. The fourth-order valence-electron chi connectivity index (χ4n) is 3.41. The van der Waals surface area contributed by atoms with Gasteiger partial charge >= 0.3 is 5.97 Å². The molecule has 1 aliphatic rings. The van der Waals surface area contributed by atoms with Gasteiger partial charge < -0.3 is 9.67 Å². The molecule has 1 aromatic carbocycles. The first-order valence-electron chi connectivity index (χ1n) is 7.36. The van der Waals surface area contributed by atoms with Crippen LogP contribution >= 0.6 is 0 Å². The number of carboxylic acid groups (broad SMARTS) is 1. The van der Waals surface area contributed by atoms with E-state index < -0.39 is 5.97 Å². The minimum absolute atomic E-state index is 0.310. The van der Waals surface area contributed by atoms with Crippen molar-refractivity contribution in [2.45, 2.75) is 45.6 Å². The predicted molar refractivity (Wildman–Crippen MR) is 78.1 cm³/mol. The maximum absolute atomic E-state index is 11.1. The molecule has 4 heteroatoms. The first-order chi connectivity index (χ1) is 9.61. The van der Waals surface area contributed by atoms with E-state index in [0.717, 1.165) is 23.3 Å². The number of hydrogen-bond donors (Lipinski definition) is 1. The summed E-state index contributed by atoms with van der Waals surface area (Å²) in [7, 11) is 0. The zero-order valence-electron chi connectivity index (χ0n) is 12.0. The van der Waals surface area contributed by atoms with E-state index in [1.54, 1.807) is 12.1 Å². The highest BCUT2D eigenvalue weighted by Gasteiger charge is 2.28. The summed E-state index contributed by atoms with van der Waals surface area (Å²) in [5, 5.41) is 9.10. The molecule has 0 bridgehead atoms. The molecule has 0 aliphatic heterocycles. The number of nitrogens with zero attached hydrogens (tertiary/aromatic N) is 2. The number of rotatable bonds is 3. The molecule has 1 saturated carbocycles. The van der Waals surface area contributed by atoms with Gasteiger partial charge in [0.25, 0.3) is 0 Å². The Kier molecular flexibility index (Phi) is 3.24. The summed E-state index contributed by atoms with van der Waals surface area (Å²) < 4.78 is 2.35. The van der Waals surface area contributed by atoms with Gasteiger partial charge in [0.05, 0.1) is 16.6 Å². The molecule has 1 fully saturated rings. The Morgan fingerprint density at radius 1 is 1.45 bits per heavy atom. The average molecular weight is 272 g/mol. The van der Waals surface area contributed by atoms with Crippen LogP contribution in [-0.4, -0.2) is 20.6 Å². The maximum Gasteiger partial charge on any atom is 0.335 e. The van der Waals surface area contributed by atoms with Gasteiger partial charge in [0.2, 0.25) is 0 Å². The van der Waals surface area contributed by atoms with Crippen LogP contribution in [0.15, 0.2) is 18.2 Å². The minimum atomic E-state index is -0.895. The van der Waals surface area contributed by atoms with Gasteiger partial charge in [0.15, 0.2) is 0 Å². The van der Waals surface area contributed by atoms with E-state index in [-0.39, 0.29) is 0 Å². The molecule has 106 valence electrons. The van der Waals surface area contributed by atoms with Crippen LogP contribution in [-0.2, 0) is 6.42 Å². The Hall–Kier alpha value is -1.84. The summed E-state index contributed by atoms with van der Waals surface area (Å²) in [4.78, 5) is 15.7. The molecule has 0 radical (unpaired) electrons. The summed E-state index contributed by atoms with van der Waals surface area (Å²) >= 11 is 0. The van der Waals surface area contributed by atoms with E-state index in [2.05, 4.69) is 23.4 Å². The number of benzene rings is 1. The Morgan fingerprint density at radius 2 is 2.25 bits per heavy atom. The lowest BCUT2D eigenvalue weighted by Crippen LogP contribution is -2.14. The first-order valence-corrected chi connectivity index (χ1v) is 7.36. The van der Waals surface area contributed by atoms with E-state index in [1.165, 1.54) is 19.3 Å². The van der Waals surface area contributed by atoms with Crippen LogP contribution in [0.5, 0.6) is 0 Å². The van der Waals surface area contributed by atoms with Gasteiger partial charge in [-0.3, -0.25) is 0 Å².